The highest BCUT2D eigenvalue weighted by Gasteiger charge is 2.54. The first-order valence-electron chi connectivity index (χ1n) is 5.36. The van der Waals surface area contributed by atoms with Crippen molar-refractivity contribution in [3.8, 4) is 6.07 Å². The summed E-state index contributed by atoms with van der Waals surface area (Å²) in [5, 5.41) is 21.2. The maximum absolute atomic E-state index is 12.6. The van der Waals surface area contributed by atoms with E-state index in [1.54, 1.807) is 6.07 Å². The number of nitro benzene ring substituents is 1. The van der Waals surface area contributed by atoms with Crippen LogP contribution in [0.4, 0.5) is 24.5 Å². The molecule has 0 aromatic heterocycles. The average molecular weight is 302 g/mol. The molecule has 3 N–H and O–H groups in total. The molecule has 0 aliphatic heterocycles. The van der Waals surface area contributed by atoms with Gasteiger partial charge in [-0.15, -0.1) is 0 Å². The molecule has 0 bridgehead atoms. The summed E-state index contributed by atoms with van der Waals surface area (Å²) in [5.41, 5.74) is 0.679. The number of alkyl halides is 3. The Bertz CT molecular complexity index is 635. The van der Waals surface area contributed by atoms with Crippen LogP contribution < -0.4 is 11.1 Å². The van der Waals surface area contributed by atoms with Gasteiger partial charge in [0.25, 0.3) is 11.6 Å². The van der Waals surface area contributed by atoms with Crippen molar-refractivity contribution in [2.75, 3.05) is 5.32 Å². The number of nitriles is 1. The second kappa shape index (κ2) is 5.37. The lowest BCUT2D eigenvalue weighted by Crippen LogP contribution is -2.59. The number of hydrogen-bond acceptors (Lipinski definition) is 5. The molecule has 0 fully saturated rings. The van der Waals surface area contributed by atoms with Crippen molar-refractivity contribution >= 4 is 17.3 Å². The number of hydrogen-bond donors (Lipinski definition) is 2. The van der Waals surface area contributed by atoms with Crippen molar-refractivity contribution in [3.63, 3.8) is 0 Å². The van der Waals surface area contributed by atoms with Crippen molar-refractivity contribution < 1.29 is 22.9 Å². The second-order valence-corrected chi connectivity index (χ2v) is 4.25. The number of carbonyl (C=O) groups is 1. The van der Waals surface area contributed by atoms with Crippen LogP contribution in [0.1, 0.15) is 12.5 Å². The lowest BCUT2D eigenvalue weighted by Gasteiger charge is -2.26. The molecule has 112 valence electrons. The Kier molecular flexibility index (Phi) is 4.19. The van der Waals surface area contributed by atoms with Crippen molar-refractivity contribution in [1.82, 2.24) is 0 Å². The van der Waals surface area contributed by atoms with E-state index in [0.29, 0.717) is 6.92 Å². The molecule has 1 aromatic rings. The number of nitro groups is 1. The highest BCUT2D eigenvalue weighted by molar-refractivity contribution is 5.99. The molecule has 7 nitrogen and oxygen atoms in total. The molecule has 1 aromatic carbocycles. The molecule has 10 heteroatoms. The zero-order valence-corrected chi connectivity index (χ0v) is 10.6. The zero-order valence-electron chi connectivity index (χ0n) is 10.6. The quantitative estimate of drug-likeness (QED) is 0.649. The first-order chi connectivity index (χ1) is 9.50. The molecular formula is C11H9F3N4O3. The van der Waals surface area contributed by atoms with Gasteiger partial charge in [-0.2, -0.15) is 18.4 Å². The lowest BCUT2D eigenvalue weighted by molar-refractivity contribution is -0.384. The summed E-state index contributed by atoms with van der Waals surface area (Å²) in [5.74, 6) is -1.58. The predicted molar refractivity (Wildman–Crippen MR) is 65.1 cm³/mol. The Hall–Kier alpha value is -2.67. The van der Waals surface area contributed by atoms with Crippen LogP contribution in [0.2, 0.25) is 0 Å². The molecule has 21 heavy (non-hydrogen) atoms. The van der Waals surface area contributed by atoms with Crippen LogP contribution in [0.15, 0.2) is 18.2 Å². The van der Waals surface area contributed by atoms with Crippen LogP contribution >= 0.6 is 0 Å². The van der Waals surface area contributed by atoms with Gasteiger partial charge in [0.1, 0.15) is 6.07 Å². The summed E-state index contributed by atoms with van der Waals surface area (Å²) >= 11 is 0. The van der Waals surface area contributed by atoms with Gasteiger partial charge in [-0.05, 0) is 13.0 Å². The largest absolute Gasteiger partial charge is 0.415 e. The highest BCUT2D eigenvalue weighted by atomic mass is 19.4. The van der Waals surface area contributed by atoms with E-state index in [2.05, 4.69) is 0 Å². The minimum atomic E-state index is -5.00. The van der Waals surface area contributed by atoms with Crippen molar-refractivity contribution in [3.05, 3.63) is 33.9 Å². The van der Waals surface area contributed by atoms with Gasteiger partial charge in [0.15, 0.2) is 5.54 Å². The molecule has 1 rings (SSSR count). The monoisotopic (exact) mass is 302 g/mol. The van der Waals surface area contributed by atoms with Gasteiger partial charge < -0.3 is 11.1 Å². The fourth-order valence-electron chi connectivity index (χ4n) is 1.23. The number of non-ortho nitro benzene ring substituents is 1. The molecule has 0 radical (unpaired) electrons. The Morgan fingerprint density at radius 1 is 1.48 bits per heavy atom. The molecule has 0 saturated heterocycles. The maximum Gasteiger partial charge on any atom is 0.415 e. The van der Waals surface area contributed by atoms with Crippen LogP contribution in [0.5, 0.6) is 0 Å². The van der Waals surface area contributed by atoms with Crippen LogP contribution in [-0.2, 0) is 4.79 Å². The fourth-order valence-corrected chi connectivity index (χ4v) is 1.23. The van der Waals surface area contributed by atoms with E-state index in [9.17, 15) is 28.1 Å². The molecular weight excluding hydrogens is 293 g/mol. The molecule has 0 heterocycles. The van der Waals surface area contributed by atoms with Crippen LogP contribution in [-0.4, -0.2) is 22.5 Å². The number of halogens is 3. The van der Waals surface area contributed by atoms with Crippen LogP contribution in [0.3, 0.4) is 0 Å². The zero-order chi connectivity index (χ0) is 16.4. The third-order valence-corrected chi connectivity index (χ3v) is 2.64. The minimum absolute atomic E-state index is 0.297. The van der Waals surface area contributed by atoms with E-state index in [1.165, 1.54) is 0 Å². The Labute approximate surface area is 116 Å². The Morgan fingerprint density at radius 3 is 2.48 bits per heavy atom. The minimum Gasteiger partial charge on any atom is -0.323 e. The molecule has 0 aliphatic rings. The van der Waals surface area contributed by atoms with E-state index in [4.69, 9.17) is 11.0 Å². The number of nitrogens with one attached hydrogen (secondary N) is 1. The molecule has 0 spiro atoms. The number of anilines is 1. The van der Waals surface area contributed by atoms with Gasteiger partial charge in [0, 0.05) is 12.1 Å². The summed E-state index contributed by atoms with van der Waals surface area (Å²) in [7, 11) is 0. The van der Waals surface area contributed by atoms with Gasteiger partial charge in [0.05, 0.1) is 16.2 Å². The number of carbonyl (C=O) groups excluding carboxylic acids is 1. The van der Waals surface area contributed by atoms with E-state index >= 15 is 0 Å². The standard InChI is InChI=1S/C11H9F3N4O3/c1-10(16,11(12,13)14)9(19)17-8-3-2-7(18(20)21)4-6(8)5-15/h2-4H,16H2,1H3,(H,17,19). The number of benzene rings is 1. The topological polar surface area (TPSA) is 122 Å². The summed E-state index contributed by atoms with van der Waals surface area (Å²) in [6, 6.07) is 4.28. The van der Waals surface area contributed by atoms with Crippen molar-refractivity contribution in [2.24, 2.45) is 5.73 Å². The summed E-state index contributed by atoms with van der Waals surface area (Å²) < 4.78 is 37.8. The Balaban J connectivity index is 3.13. The van der Waals surface area contributed by atoms with Gasteiger partial charge >= 0.3 is 6.18 Å². The number of amides is 1. The summed E-state index contributed by atoms with van der Waals surface area (Å²) in [4.78, 5) is 21.3. The molecule has 0 aliphatic carbocycles. The smallest absolute Gasteiger partial charge is 0.323 e. The van der Waals surface area contributed by atoms with E-state index < -0.39 is 28.2 Å². The van der Waals surface area contributed by atoms with Gasteiger partial charge in [-0.3, -0.25) is 14.9 Å². The molecule has 1 atom stereocenters. The predicted octanol–water partition coefficient (Wildman–Crippen LogP) is 1.68. The van der Waals surface area contributed by atoms with E-state index in [0.717, 1.165) is 18.2 Å². The number of rotatable bonds is 3. The van der Waals surface area contributed by atoms with Gasteiger partial charge in [-0.25, -0.2) is 0 Å². The van der Waals surface area contributed by atoms with Crippen molar-refractivity contribution in [1.29, 1.82) is 5.26 Å². The van der Waals surface area contributed by atoms with Crippen molar-refractivity contribution in [2.45, 2.75) is 18.6 Å². The normalized spacial score (nSPS) is 13.9. The molecule has 0 saturated carbocycles. The first kappa shape index (κ1) is 16.4. The lowest BCUT2D eigenvalue weighted by atomic mass is 10.0. The van der Waals surface area contributed by atoms with Crippen LogP contribution in [0, 0.1) is 21.4 Å². The second-order valence-electron chi connectivity index (χ2n) is 4.25. The fraction of sp³-hybridized carbons (Fsp3) is 0.273. The first-order valence-corrected chi connectivity index (χ1v) is 5.36. The van der Waals surface area contributed by atoms with E-state index in [-0.39, 0.29) is 11.3 Å². The van der Waals surface area contributed by atoms with Gasteiger partial charge in [-0.1, -0.05) is 0 Å². The van der Waals surface area contributed by atoms with Crippen LogP contribution in [0.25, 0.3) is 0 Å². The molecule has 1 amide bonds. The van der Waals surface area contributed by atoms with E-state index in [1.807, 2.05) is 5.32 Å². The third-order valence-electron chi connectivity index (χ3n) is 2.64. The Morgan fingerprint density at radius 2 is 2.05 bits per heavy atom. The maximum atomic E-state index is 12.6. The highest BCUT2D eigenvalue weighted by Crippen LogP contribution is 2.30. The average Bonchev–Trinajstić information content (AvgIpc) is 2.37. The molecule has 1 unspecified atom stereocenters. The number of nitrogens with zero attached hydrogens (tertiary/aromatic N) is 2. The third kappa shape index (κ3) is 3.26. The number of nitrogens with two attached hydrogens (primary N) is 1. The SMILES string of the molecule is CC(N)(C(=O)Nc1ccc([N+](=O)[O-])cc1C#N)C(F)(F)F. The summed E-state index contributed by atoms with van der Waals surface area (Å²) in [6.45, 7) is 0.472. The van der Waals surface area contributed by atoms with Gasteiger partial charge in [0.2, 0.25) is 0 Å². The summed E-state index contributed by atoms with van der Waals surface area (Å²) in [6.07, 6.45) is -5.00.